The molecule has 0 aromatic heterocycles. The summed E-state index contributed by atoms with van der Waals surface area (Å²) in [5.41, 5.74) is 2.10. The summed E-state index contributed by atoms with van der Waals surface area (Å²) in [6.45, 7) is 0.621. The van der Waals surface area contributed by atoms with Crippen LogP contribution in [0, 0.1) is 0 Å². The summed E-state index contributed by atoms with van der Waals surface area (Å²) in [6.07, 6.45) is 6.90. The highest BCUT2D eigenvalue weighted by Gasteiger charge is 2.33. The molecule has 1 aromatic rings. The second kappa shape index (κ2) is 6.61. The molecule has 1 fully saturated rings. The number of fused-ring (bicyclic) bond motifs is 1. The molecule has 0 bridgehead atoms. The van der Waals surface area contributed by atoms with Crippen LogP contribution in [0.4, 0.5) is 5.69 Å². The standard InChI is InChI=1S/C17H24N2O3S/c1-23(21,22)19(15-9-3-4-10-15)13-17(20)18-12-6-8-14-7-2-5-11-16(14)18/h2,5,7,11,15H,3-4,6,8-10,12-13H2,1H3. The highest BCUT2D eigenvalue weighted by Crippen LogP contribution is 2.29. The molecular weight excluding hydrogens is 312 g/mol. The van der Waals surface area contributed by atoms with E-state index in [1.54, 1.807) is 4.90 Å². The topological polar surface area (TPSA) is 57.7 Å². The lowest BCUT2D eigenvalue weighted by Gasteiger charge is -2.32. The van der Waals surface area contributed by atoms with Crippen LogP contribution in [-0.4, -0.2) is 44.0 Å². The Morgan fingerprint density at radius 2 is 1.91 bits per heavy atom. The van der Waals surface area contributed by atoms with E-state index >= 15 is 0 Å². The van der Waals surface area contributed by atoms with Crippen molar-refractivity contribution in [1.82, 2.24) is 4.31 Å². The lowest BCUT2D eigenvalue weighted by Crippen LogP contribution is -2.47. The molecule has 0 N–H and O–H groups in total. The molecule has 1 aromatic carbocycles. The molecule has 1 amide bonds. The van der Waals surface area contributed by atoms with Crippen molar-refractivity contribution in [3.8, 4) is 0 Å². The largest absolute Gasteiger partial charge is 0.311 e. The third-order valence-electron chi connectivity index (χ3n) is 4.86. The van der Waals surface area contributed by atoms with Crippen molar-refractivity contribution in [3.05, 3.63) is 29.8 Å². The number of carbonyl (C=O) groups excluding carboxylic acids is 1. The summed E-state index contributed by atoms with van der Waals surface area (Å²) in [7, 11) is -3.37. The first-order valence-corrected chi connectivity index (χ1v) is 10.2. The summed E-state index contributed by atoms with van der Waals surface area (Å²) >= 11 is 0. The molecule has 3 rings (SSSR count). The van der Waals surface area contributed by atoms with E-state index in [2.05, 4.69) is 0 Å². The number of sulfonamides is 1. The van der Waals surface area contributed by atoms with Crippen molar-refractivity contribution in [1.29, 1.82) is 0 Å². The van der Waals surface area contributed by atoms with E-state index in [1.165, 1.54) is 16.1 Å². The van der Waals surface area contributed by atoms with Gasteiger partial charge in [0.05, 0.1) is 12.8 Å². The van der Waals surface area contributed by atoms with E-state index in [0.717, 1.165) is 44.2 Å². The number of nitrogens with zero attached hydrogens (tertiary/aromatic N) is 2. The fourth-order valence-electron chi connectivity index (χ4n) is 3.72. The van der Waals surface area contributed by atoms with Crippen LogP contribution in [0.25, 0.3) is 0 Å². The Labute approximate surface area is 138 Å². The maximum Gasteiger partial charge on any atom is 0.242 e. The second-order valence-corrected chi connectivity index (χ2v) is 8.46. The van der Waals surface area contributed by atoms with E-state index in [-0.39, 0.29) is 18.5 Å². The van der Waals surface area contributed by atoms with E-state index in [9.17, 15) is 13.2 Å². The molecule has 0 unspecified atom stereocenters. The van der Waals surface area contributed by atoms with Gasteiger partial charge in [0.25, 0.3) is 0 Å². The summed E-state index contributed by atoms with van der Waals surface area (Å²) < 4.78 is 25.7. The monoisotopic (exact) mass is 336 g/mol. The first-order chi connectivity index (χ1) is 11.0. The fraction of sp³-hybridized carbons (Fsp3) is 0.588. The molecule has 126 valence electrons. The molecule has 0 atom stereocenters. The van der Waals surface area contributed by atoms with Gasteiger partial charge >= 0.3 is 0 Å². The van der Waals surface area contributed by atoms with Crippen LogP contribution in [-0.2, 0) is 21.2 Å². The number of para-hydroxylation sites is 1. The molecule has 2 aliphatic rings. The van der Waals surface area contributed by atoms with Gasteiger partial charge in [-0.05, 0) is 37.3 Å². The molecular formula is C17H24N2O3S. The molecule has 1 aliphatic carbocycles. The van der Waals surface area contributed by atoms with Crippen LogP contribution < -0.4 is 4.90 Å². The zero-order valence-electron chi connectivity index (χ0n) is 13.6. The number of aryl methyl sites for hydroxylation is 1. The number of hydrogen-bond donors (Lipinski definition) is 0. The lowest BCUT2D eigenvalue weighted by molar-refractivity contribution is -0.119. The van der Waals surface area contributed by atoms with Crippen molar-refractivity contribution < 1.29 is 13.2 Å². The van der Waals surface area contributed by atoms with Crippen LogP contribution in [0.5, 0.6) is 0 Å². The highest BCUT2D eigenvalue weighted by molar-refractivity contribution is 7.88. The third-order valence-corrected chi connectivity index (χ3v) is 6.14. The Balaban J connectivity index is 1.80. The normalized spacial score (nSPS) is 19.1. The number of benzene rings is 1. The molecule has 0 spiro atoms. The van der Waals surface area contributed by atoms with Crippen LogP contribution >= 0.6 is 0 Å². The van der Waals surface area contributed by atoms with E-state index < -0.39 is 10.0 Å². The maximum atomic E-state index is 12.8. The first kappa shape index (κ1) is 16.5. The van der Waals surface area contributed by atoms with E-state index in [4.69, 9.17) is 0 Å². The van der Waals surface area contributed by atoms with E-state index in [0.29, 0.717) is 6.54 Å². The van der Waals surface area contributed by atoms with Gasteiger partial charge < -0.3 is 4.90 Å². The van der Waals surface area contributed by atoms with Crippen molar-refractivity contribution in [2.75, 3.05) is 24.2 Å². The molecule has 0 saturated heterocycles. The zero-order chi connectivity index (χ0) is 16.4. The molecule has 0 radical (unpaired) electrons. The minimum absolute atomic E-state index is 0.0195. The first-order valence-electron chi connectivity index (χ1n) is 8.32. The molecule has 1 aliphatic heterocycles. The highest BCUT2D eigenvalue weighted by atomic mass is 32.2. The van der Waals surface area contributed by atoms with Crippen molar-refractivity contribution >= 4 is 21.6 Å². The van der Waals surface area contributed by atoms with Gasteiger partial charge in [0.2, 0.25) is 15.9 Å². The molecule has 1 heterocycles. The number of carbonyl (C=O) groups is 1. The van der Waals surface area contributed by atoms with Gasteiger partial charge in [0, 0.05) is 18.3 Å². The van der Waals surface area contributed by atoms with Crippen molar-refractivity contribution in [2.24, 2.45) is 0 Å². The number of anilines is 1. The molecule has 6 heteroatoms. The fourth-order valence-corrected chi connectivity index (χ4v) is 4.82. The Kier molecular flexibility index (Phi) is 4.73. The number of amides is 1. The predicted molar refractivity (Wildman–Crippen MR) is 90.9 cm³/mol. The smallest absolute Gasteiger partial charge is 0.242 e. The minimum Gasteiger partial charge on any atom is -0.311 e. The average Bonchev–Trinajstić information content (AvgIpc) is 3.04. The maximum absolute atomic E-state index is 12.8. The van der Waals surface area contributed by atoms with Crippen molar-refractivity contribution in [2.45, 2.75) is 44.6 Å². The van der Waals surface area contributed by atoms with Gasteiger partial charge in [-0.1, -0.05) is 31.0 Å². The van der Waals surface area contributed by atoms with Gasteiger partial charge in [-0.3, -0.25) is 4.79 Å². The van der Waals surface area contributed by atoms with Crippen molar-refractivity contribution in [3.63, 3.8) is 0 Å². The third kappa shape index (κ3) is 3.58. The summed E-state index contributed by atoms with van der Waals surface area (Å²) in [5.74, 6) is -0.116. The minimum atomic E-state index is -3.37. The summed E-state index contributed by atoms with van der Waals surface area (Å²) in [5, 5.41) is 0. The Hall–Kier alpha value is -1.40. The van der Waals surface area contributed by atoms with Gasteiger partial charge in [-0.25, -0.2) is 8.42 Å². The molecule has 5 nitrogen and oxygen atoms in total. The lowest BCUT2D eigenvalue weighted by atomic mass is 10.0. The van der Waals surface area contributed by atoms with Crippen LogP contribution in [0.1, 0.15) is 37.7 Å². The van der Waals surface area contributed by atoms with Gasteiger partial charge in [-0.15, -0.1) is 0 Å². The van der Waals surface area contributed by atoms with Gasteiger partial charge in [0.15, 0.2) is 0 Å². The number of rotatable bonds is 4. The molecule has 23 heavy (non-hydrogen) atoms. The van der Waals surface area contributed by atoms with Gasteiger partial charge in [0.1, 0.15) is 0 Å². The second-order valence-electron chi connectivity index (χ2n) is 6.52. The Morgan fingerprint density at radius 3 is 2.61 bits per heavy atom. The van der Waals surface area contributed by atoms with E-state index in [1.807, 2.05) is 24.3 Å². The van der Waals surface area contributed by atoms with Gasteiger partial charge in [-0.2, -0.15) is 4.31 Å². The van der Waals surface area contributed by atoms with Crippen LogP contribution in [0.15, 0.2) is 24.3 Å². The summed E-state index contributed by atoms with van der Waals surface area (Å²) in [4.78, 5) is 14.6. The SMILES string of the molecule is CS(=O)(=O)N(CC(=O)N1CCCc2ccccc21)C1CCCC1. The Bertz CT molecular complexity index is 681. The van der Waals surface area contributed by atoms with Crippen LogP contribution in [0.2, 0.25) is 0 Å². The summed E-state index contributed by atoms with van der Waals surface area (Å²) in [6, 6.07) is 7.88. The average molecular weight is 336 g/mol. The van der Waals surface area contributed by atoms with Crippen LogP contribution in [0.3, 0.4) is 0 Å². The number of hydrogen-bond acceptors (Lipinski definition) is 3. The zero-order valence-corrected chi connectivity index (χ0v) is 14.4. The quantitative estimate of drug-likeness (QED) is 0.847. The molecule has 1 saturated carbocycles. The predicted octanol–water partition coefficient (Wildman–Crippen LogP) is 2.17. The Morgan fingerprint density at radius 1 is 1.22 bits per heavy atom.